The molecule has 0 spiro atoms. The molecule has 7 atom stereocenters. The Morgan fingerprint density at radius 1 is 1.17 bits per heavy atom. The Morgan fingerprint density at radius 2 is 1.87 bits per heavy atom. The van der Waals surface area contributed by atoms with Gasteiger partial charge in [0.25, 0.3) is 5.91 Å². The zero-order valence-corrected chi connectivity index (χ0v) is 17.8. The first-order valence-corrected chi connectivity index (χ1v) is 11.5. The van der Waals surface area contributed by atoms with Crippen molar-refractivity contribution in [2.24, 2.45) is 28.9 Å². The van der Waals surface area contributed by atoms with E-state index in [9.17, 15) is 9.59 Å². The van der Waals surface area contributed by atoms with Gasteiger partial charge in [-0.1, -0.05) is 30.3 Å². The van der Waals surface area contributed by atoms with Crippen molar-refractivity contribution >= 4 is 11.8 Å². The summed E-state index contributed by atoms with van der Waals surface area (Å²) in [5.41, 5.74) is 6.74. The Labute approximate surface area is 178 Å². The number of carbonyl (C=O) groups is 2. The van der Waals surface area contributed by atoms with E-state index >= 15 is 0 Å². The summed E-state index contributed by atoms with van der Waals surface area (Å²) in [6.45, 7) is 4.20. The molecule has 4 saturated carbocycles. The first-order valence-electron chi connectivity index (χ1n) is 11.5. The van der Waals surface area contributed by atoms with Crippen molar-refractivity contribution in [2.75, 3.05) is 19.7 Å². The Hall–Kier alpha value is -1.92. The fourth-order valence-electron chi connectivity index (χ4n) is 6.94. The second-order valence-electron chi connectivity index (χ2n) is 10.1. The summed E-state index contributed by atoms with van der Waals surface area (Å²) in [5.74, 6) is 1.21. The van der Waals surface area contributed by atoms with E-state index in [0.29, 0.717) is 30.9 Å². The number of amides is 2. The minimum absolute atomic E-state index is 0.00515. The van der Waals surface area contributed by atoms with Gasteiger partial charge >= 0.3 is 0 Å². The molecular formula is C24H33N3O3. The topological polar surface area (TPSA) is 84.7 Å². The number of carbonyl (C=O) groups excluding carboxylic acids is 2. The minimum Gasteiger partial charge on any atom is -0.369 e. The van der Waals surface area contributed by atoms with Crippen molar-refractivity contribution in [3.8, 4) is 0 Å². The fourth-order valence-corrected chi connectivity index (χ4v) is 6.94. The van der Waals surface area contributed by atoms with Crippen LogP contribution in [-0.2, 0) is 14.3 Å². The Bertz CT molecular complexity index is 797. The zero-order chi connectivity index (χ0) is 20.9. The van der Waals surface area contributed by atoms with E-state index in [1.54, 1.807) is 0 Å². The molecule has 30 heavy (non-hydrogen) atoms. The van der Waals surface area contributed by atoms with Crippen molar-refractivity contribution < 1.29 is 14.3 Å². The number of hydrogen-bond acceptors (Lipinski definition) is 4. The van der Waals surface area contributed by atoms with Crippen LogP contribution in [0.5, 0.6) is 0 Å². The van der Waals surface area contributed by atoms with Crippen LogP contribution in [0.4, 0.5) is 0 Å². The molecule has 5 aliphatic rings. The third-order valence-electron chi connectivity index (χ3n) is 8.32. The standard InChI is InChI=1S/C24H33N3O3/c1-15(17-5-3-2-4-6-17)27-7-8-30-20(14-27)22(28)26-21-18-9-16-10-19(21)13-24(11-16,12-18)23(25)29/h2-6,15-16,18-21H,7-14H2,1H3,(H2,25,29)(H,26,28)/t15?,16?,18-,19?,20?,21?,24?/m0/s1. The van der Waals surface area contributed by atoms with Crippen molar-refractivity contribution in [3.63, 3.8) is 0 Å². The molecule has 1 aromatic carbocycles. The van der Waals surface area contributed by atoms with Crippen molar-refractivity contribution in [2.45, 2.75) is 57.2 Å². The van der Waals surface area contributed by atoms with Gasteiger partial charge in [0.1, 0.15) is 6.10 Å². The summed E-state index contributed by atoms with van der Waals surface area (Å²) < 4.78 is 5.88. The Kier molecular flexibility index (Phi) is 5.10. The lowest BCUT2D eigenvalue weighted by Crippen LogP contribution is -2.63. The van der Waals surface area contributed by atoms with Gasteiger partial charge in [0.2, 0.25) is 5.91 Å². The third kappa shape index (κ3) is 3.44. The third-order valence-corrected chi connectivity index (χ3v) is 8.32. The number of nitrogens with one attached hydrogen (secondary N) is 1. The molecule has 2 amide bonds. The maximum Gasteiger partial charge on any atom is 0.250 e. The number of ether oxygens (including phenoxy) is 1. The monoisotopic (exact) mass is 411 g/mol. The van der Waals surface area contributed by atoms with Gasteiger partial charge < -0.3 is 15.8 Å². The van der Waals surface area contributed by atoms with Crippen LogP contribution < -0.4 is 11.1 Å². The van der Waals surface area contributed by atoms with Gasteiger partial charge in [-0.3, -0.25) is 14.5 Å². The number of rotatable bonds is 5. The molecule has 1 saturated heterocycles. The number of nitrogens with zero attached hydrogens (tertiary/aromatic N) is 1. The average molecular weight is 412 g/mol. The summed E-state index contributed by atoms with van der Waals surface area (Å²) >= 11 is 0. The van der Waals surface area contributed by atoms with Gasteiger partial charge in [-0.25, -0.2) is 0 Å². The summed E-state index contributed by atoms with van der Waals surface area (Å²) in [4.78, 5) is 27.6. The van der Waals surface area contributed by atoms with Gasteiger partial charge in [-0.15, -0.1) is 0 Å². The summed E-state index contributed by atoms with van der Waals surface area (Å²) in [5, 5.41) is 3.34. The molecule has 6 nitrogen and oxygen atoms in total. The lowest BCUT2D eigenvalue weighted by atomic mass is 9.47. The second kappa shape index (κ2) is 7.65. The van der Waals surface area contributed by atoms with E-state index in [1.807, 2.05) is 6.07 Å². The maximum absolute atomic E-state index is 13.2. The van der Waals surface area contributed by atoms with Crippen LogP contribution in [0.3, 0.4) is 0 Å². The van der Waals surface area contributed by atoms with E-state index in [1.165, 1.54) is 5.56 Å². The van der Waals surface area contributed by atoms with Crippen LogP contribution in [0.25, 0.3) is 0 Å². The Morgan fingerprint density at radius 3 is 2.53 bits per heavy atom. The predicted molar refractivity (Wildman–Crippen MR) is 113 cm³/mol. The van der Waals surface area contributed by atoms with Crippen LogP contribution >= 0.6 is 0 Å². The molecule has 5 fully saturated rings. The van der Waals surface area contributed by atoms with E-state index in [-0.39, 0.29) is 29.3 Å². The van der Waals surface area contributed by atoms with Crippen LogP contribution in [0, 0.1) is 23.2 Å². The average Bonchev–Trinajstić information content (AvgIpc) is 2.75. The molecular weight excluding hydrogens is 378 g/mol. The molecule has 1 aromatic rings. The van der Waals surface area contributed by atoms with Crippen LogP contribution in [-0.4, -0.2) is 48.6 Å². The van der Waals surface area contributed by atoms with E-state index in [2.05, 4.69) is 41.4 Å². The van der Waals surface area contributed by atoms with Gasteiger partial charge in [-0.2, -0.15) is 0 Å². The first kappa shape index (κ1) is 20.0. The highest BCUT2D eigenvalue weighted by Crippen LogP contribution is 2.59. The lowest BCUT2D eigenvalue weighted by Gasteiger charge is -2.59. The van der Waals surface area contributed by atoms with Gasteiger partial charge in [0.15, 0.2) is 0 Å². The molecule has 6 rings (SSSR count). The highest BCUT2D eigenvalue weighted by Gasteiger charge is 2.58. The number of morpholine rings is 1. The minimum atomic E-state index is -0.438. The number of benzene rings is 1. The number of primary amides is 1. The number of nitrogens with two attached hydrogens (primary N) is 1. The van der Waals surface area contributed by atoms with E-state index in [0.717, 1.165) is 38.6 Å². The Balaban J connectivity index is 1.23. The maximum atomic E-state index is 13.2. The van der Waals surface area contributed by atoms with Crippen molar-refractivity contribution in [1.82, 2.24) is 10.2 Å². The van der Waals surface area contributed by atoms with E-state index in [4.69, 9.17) is 10.5 Å². The molecule has 0 radical (unpaired) electrons. The first-order chi connectivity index (χ1) is 14.4. The largest absolute Gasteiger partial charge is 0.369 e. The molecule has 3 N–H and O–H groups in total. The highest BCUT2D eigenvalue weighted by molar-refractivity contribution is 5.83. The second-order valence-corrected chi connectivity index (χ2v) is 10.1. The van der Waals surface area contributed by atoms with Gasteiger partial charge in [0.05, 0.1) is 6.61 Å². The predicted octanol–water partition coefficient (Wildman–Crippen LogP) is 2.24. The fraction of sp³-hybridized carbons (Fsp3) is 0.667. The molecule has 6 unspecified atom stereocenters. The van der Waals surface area contributed by atoms with Crippen LogP contribution in [0.1, 0.15) is 50.6 Å². The lowest BCUT2D eigenvalue weighted by molar-refractivity contribution is -0.151. The van der Waals surface area contributed by atoms with E-state index < -0.39 is 6.10 Å². The van der Waals surface area contributed by atoms with Crippen LogP contribution in [0.15, 0.2) is 30.3 Å². The molecule has 4 bridgehead atoms. The quantitative estimate of drug-likeness (QED) is 0.778. The molecule has 0 aromatic heterocycles. The molecule has 1 heterocycles. The van der Waals surface area contributed by atoms with Crippen molar-refractivity contribution in [1.29, 1.82) is 0 Å². The normalized spacial score (nSPS) is 38.9. The molecule has 6 heteroatoms. The summed E-state index contributed by atoms with van der Waals surface area (Å²) in [6, 6.07) is 10.8. The van der Waals surface area contributed by atoms with Gasteiger partial charge in [0, 0.05) is 30.6 Å². The smallest absolute Gasteiger partial charge is 0.250 e. The summed E-state index contributed by atoms with van der Waals surface area (Å²) in [7, 11) is 0. The molecule has 162 valence electrons. The number of hydrogen-bond donors (Lipinski definition) is 2. The zero-order valence-electron chi connectivity index (χ0n) is 17.8. The highest BCUT2D eigenvalue weighted by atomic mass is 16.5. The van der Waals surface area contributed by atoms with Crippen molar-refractivity contribution in [3.05, 3.63) is 35.9 Å². The van der Waals surface area contributed by atoms with Gasteiger partial charge in [-0.05, 0) is 62.3 Å². The summed E-state index contributed by atoms with van der Waals surface area (Å²) in [6.07, 6.45) is 4.41. The SMILES string of the molecule is CC(c1ccccc1)N1CCOC(C(=O)NC2C3CC4C[C@H]2CC(C(N)=O)(C4)C3)C1. The molecule has 4 aliphatic carbocycles. The van der Waals surface area contributed by atoms with Crippen LogP contribution in [0.2, 0.25) is 0 Å². The molecule has 1 aliphatic heterocycles.